The molecule has 1 aliphatic heterocycles. The zero-order chi connectivity index (χ0) is 27.5. The average Bonchev–Trinajstić information content (AvgIpc) is 3.26. The lowest BCUT2D eigenvalue weighted by molar-refractivity contribution is -0.113. The number of thiazole rings is 1. The zero-order valence-electron chi connectivity index (χ0n) is 21.9. The number of rotatable bonds is 7. The van der Waals surface area contributed by atoms with E-state index in [1.807, 2.05) is 54.6 Å². The third-order valence-electron chi connectivity index (χ3n) is 6.45. The maximum Gasteiger partial charge on any atom is 0.271 e. The molecular weight excluding hydrogens is 514 g/mol. The van der Waals surface area contributed by atoms with E-state index in [4.69, 9.17) is 19.2 Å². The largest absolute Gasteiger partial charge is 0.497 e. The number of para-hydroxylation sites is 1. The van der Waals surface area contributed by atoms with Gasteiger partial charge in [-0.1, -0.05) is 41.7 Å². The number of hydrogen-bond donors (Lipinski definition) is 1. The summed E-state index contributed by atoms with van der Waals surface area (Å²) in [5.41, 5.74) is 2.74. The fourth-order valence-corrected chi connectivity index (χ4v) is 5.57. The molecule has 0 bridgehead atoms. The number of nitrogens with one attached hydrogen (secondary N) is 1. The molecule has 0 radical (unpaired) electrons. The van der Waals surface area contributed by atoms with Gasteiger partial charge in [-0.05, 0) is 55.0 Å². The molecule has 1 amide bonds. The predicted octanol–water partition coefficient (Wildman–Crippen LogP) is 3.90. The molecule has 8 nitrogen and oxygen atoms in total. The van der Waals surface area contributed by atoms with Crippen LogP contribution in [0.25, 0.3) is 6.08 Å². The van der Waals surface area contributed by atoms with Crippen LogP contribution in [0.1, 0.15) is 24.1 Å². The van der Waals surface area contributed by atoms with Crippen LogP contribution < -0.4 is 34.4 Å². The molecule has 5 rings (SSSR count). The van der Waals surface area contributed by atoms with Crippen molar-refractivity contribution < 1.29 is 19.0 Å². The third kappa shape index (κ3) is 5.08. The van der Waals surface area contributed by atoms with Gasteiger partial charge in [0.2, 0.25) is 0 Å². The van der Waals surface area contributed by atoms with Crippen molar-refractivity contribution in [1.29, 1.82) is 0 Å². The molecule has 1 N–H and O–H groups in total. The molecule has 0 saturated carbocycles. The van der Waals surface area contributed by atoms with Gasteiger partial charge in [0.25, 0.3) is 11.5 Å². The predicted molar refractivity (Wildman–Crippen MR) is 151 cm³/mol. The van der Waals surface area contributed by atoms with E-state index in [9.17, 15) is 9.59 Å². The Kier molecular flexibility index (Phi) is 7.33. The summed E-state index contributed by atoms with van der Waals surface area (Å²) >= 11 is 1.27. The number of ether oxygens (including phenoxy) is 3. The number of amides is 1. The Hall–Kier alpha value is -4.63. The first-order valence-electron chi connectivity index (χ1n) is 12.2. The highest BCUT2D eigenvalue weighted by atomic mass is 32.1. The summed E-state index contributed by atoms with van der Waals surface area (Å²) in [4.78, 5) is 32.9. The van der Waals surface area contributed by atoms with Crippen molar-refractivity contribution in [3.8, 4) is 17.2 Å². The molecule has 0 spiro atoms. The molecule has 4 aromatic rings. The molecule has 39 heavy (non-hydrogen) atoms. The smallest absolute Gasteiger partial charge is 0.271 e. The molecule has 2 heterocycles. The Morgan fingerprint density at radius 2 is 1.64 bits per heavy atom. The van der Waals surface area contributed by atoms with Gasteiger partial charge >= 0.3 is 0 Å². The second kappa shape index (κ2) is 11.0. The first-order chi connectivity index (χ1) is 18.9. The number of allylic oxidation sites excluding steroid dienone is 1. The van der Waals surface area contributed by atoms with E-state index in [0.717, 1.165) is 11.3 Å². The Morgan fingerprint density at radius 3 is 2.31 bits per heavy atom. The lowest BCUT2D eigenvalue weighted by atomic mass is 9.94. The van der Waals surface area contributed by atoms with Crippen molar-refractivity contribution >= 4 is 29.0 Å². The maximum absolute atomic E-state index is 13.9. The van der Waals surface area contributed by atoms with E-state index >= 15 is 0 Å². The van der Waals surface area contributed by atoms with Crippen molar-refractivity contribution in [2.24, 2.45) is 4.99 Å². The highest BCUT2D eigenvalue weighted by molar-refractivity contribution is 7.07. The summed E-state index contributed by atoms with van der Waals surface area (Å²) < 4.78 is 18.4. The fraction of sp³-hybridized carbons (Fsp3) is 0.167. The van der Waals surface area contributed by atoms with E-state index in [2.05, 4.69) is 5.32 Å². The average molecular weight is 542 g/mol. The van der Waals surface area contributed by atoms with Gasteiger partial charge in [0, 0.05) is 17.3 Å². The molecule has 9 heteroatoms. The summed E-state index contributed by atoms with van der Waals surface area (Å²) in [6, 6.07) is 21.2. The Morgan fingerprint density at radius 1 is 0.949 bits per heavy atom. The minimum atomic E-state index is -0.774. The normalized spacial score (nSPS) is 14.9. The zero-order valence-corrected chi connectivity index (χ0v) is 22.7. The van der Waals surface area contributed by atoms with Crippen LogP contribution in [0.15, 0.2) is 93.9 Å². The van der Waals surface area contributed by atoms with Crippen LogP contribution in [-0.2, 0) is 4.79 Å². The third-order valence-corrected chi connectivity index (χ3v) is 7.43. The number of methoxy groups -OCH3 is 3. The lowest BCUT2D eigenvalue weighted by Gasteiger charge is -2.26. The number of carbonyl (C=O) groups is 1. The van der Waals surface area contributed by atoms with Crippen LogP contribution in [0.3, 0.4) is 0 Å². The van der Waals surface area contributed by atoms with Crippen molar-refractivity contribution in [3.05, 3.63) is 115 Å². The van der Waals surface area contributed by atoms with E-state index in [1.54, 1.807) is 57.1 Å². The first kappa shape index (κ1) is 26.0. The van der Waals surface area contributed by atoms with Gasteiger partial charge in [0.15, 0.2) is 4.80 Å². The van der Waals surface area contributed by atoms with Crippen molar-refractivity contribution in [3.63, 3.8) is 0 Å². The fourth-order valence-electron chi connectivity index (χ4n) is 4.52. The molecule has 1 aliphatic rings. The van der Waals surface area contributed by atoms with Gasteiger partial charge in [-0.3, -0.25) is 14.2 Å². The minimum Gasteiger partial charge on any atom is -0.497 e. The van der Waals surface area contributed by atoms with E-state index in [0.29, 0.717) is 43.4 Å². The second-order valence-electron chi connectivity index (χ2n) is 8.78. The Balaban J connectivity index is 1.70. The van der Waals surface area contributed by atoms with Gasteiger partial charge in [-0.2, -0.15) is 0 Å². The van der Waals surface area contributed by atoms with Crippen molar-refractivity contribution in [2.45, 2.75) is 13.0 Å². The van der Waals surface area contributed by atoms with Gasteiger partial charge in [0.1, 0.15) is 23.3 Å². The molecule has 0 fully saturated rings. The number of carbonyl (C=O) groups excluding carboxylic acids is 1. The number of hydrogen-bond acceptors (Lipinski definition) is 7. The lowest BCUT2D eigenvalue weighted by Crippen LogP contribution is -2.40. The van der Waals surface area contributed by atoms with Crippen LogP contribution in [0.5, 0.6) is 17.2 Å². The molecule has 0 aliphatic carbocycles. The number of aromatic nitrogens is 1. The Bertz CT molecular complexity index is 1740. The van der Waals surface area contributed by atoms with Gasteiger partial charge < -0.3 is 19.5 Å². The van der Waals surface area contributed by atoms with E-state index < -0.39 is 6.04 Å². The number of fused-ring (bicyclic) bond motifs is 1. The highest BCUT2D eigenvalue weighted by Crippen LogP contribution is 2.37. The molecule has 198 valence electrons. The summed E-state index contributed by atoms with van der Waals surface area (Å²) in [5, 5.41) is 2.96. The summed E-state index contributed by atoms with van der Waals surface area (Å²) in [5.74, 6) is 1.46. The van der Waals surface area contributed by atoms with Gasteiger partial charge in [-0.15, -0.1) is 0 Å². The monoisotopic (exact) mass is 541 g/mol. The van der Waals surface area contributed by atoms with Gasteiger partial charge in [0.05, 0.1) is 37.1 Å². The van der Waals surface area contributed by atoms with Crippen LogP contribution >= 0.6 is 11.3 Å². The second-order valence-corrected chi connectivity index (χ2v) is 9.79. The summed E-state index contributed by atoms with van der Waals surface area (Å²) in [7, 11) is 4.72. The molecule has 1 aromatic heterocycles. The molecule has 1 atom stereocenters. The quantitative estimate of drug-likeness (QED) is 0.383. The number of nitrogens with zero attached hydrogens (tertiary/aromatic N) is 2. The SMILES string of the molecule is COc1ccc(/C=c2\sc3n(c2=O)[C@H](c2ccc(OC)cc2OC)C(C(=O)Nc2ccccc2)=C(C)N=3)cc1. The van der Waals surface area contributed by atoms with Crippen molar-refractivity contribution in [1.82, 2.24) is 4.57 Å². The molecule has 0 saturated heterocycles. The molecule has 0 unspecified atom stereocenters. The molecular formula is C30H27N3O5S. The number of anilines is 1. The summed E-state index contributed by atoms with van der Waals surface area (Å²) in [6.07, 6.45) is 1.81. The van der Waals surface area contributed by atoms with E-state index in [-0.39, 0.29) is 11.5 Å². The topological polar surface area (TPSA) is 91.1 Å². The molecule has 3 aromatic carbocycles. The highest BCUT2D eigenvalue weighted by Gasteiger charge is 2.34. The first-order valence-corrected chi connectivity index (χ1v) is 13.0. The van der Waals surface area contributed by atoms with Crippen LogP contribution in [0.2, 0.25) is 0 Å². The van der Waals surface area contributed by atoms with Crippen LogP contribution in [-0.4, -0.2) is 31.8 Å². The van der Waals surface area contributed by atoms with Crippen molar-refractivity contribution in [2.75, 3.05) is 26.6 Å². The van der Waals surface area contributed by atoms with E-state index in [1.165, 1.54) is 11.3 Å². The van der Waals surface area contributed by atoms with Crippen LogP contribution in [0.4, 0.5) is 5.69 Å². The van der Waals surface area contributed by atoms with Crippen LogP contribution in [0, 0.1) is 0 Å². The minimum absolute atomic E-state index is 0.255. The Labute approximate surface area is 229 Å². The maximum atomic E-state index is 13.9. The van der Waals surface area contributed by atoms with Gasteiger partial charge in [-0.25, -0.2) is 4.99 Å². The standard InChI is InChI=1S/C30H27N3O5S/c1-18-26(28(34)32-20-8-6-5-7-9-20)27(23-15-14-22(37-3)17-24(23)38-4)33-29(35)25(39-30(33)31-18)16-19-10-12-21(36-2)13-11-19/h5-17,27H,1-4H3,(H,32,34)/b25-16-/t27-/m1/s1. The number of benzene rings is 3. The summed E-state index contributed by atoms with van der Waals surface area (Å²) in [6.45, 7) is 1.78.